The summed E-state index contributed by atoms with van der Waals surface area (Å²) in [6.45, 7) is 0.364. The Balaban J connectivity index is 2.19. The molecule has 0 aliphatic heterocycles. The van der Waals surface area contributed by atoms with Crippen LogP contribution in [-0.2, 0) is 12.5 Å². The lowest BCUT2D eigenvalue weighted by molar-refractivity contribution is 0.302. The molecule has 2 rings (SSSR count). The molecule has 2 aromatic carbocycles. The molecule has 0 atom stereocenters. The van der Waals surface area contributed by atoms with Gasteiger partial charge in [-0.25, -0.2) is 0 Å². The lowest BCUT2D eigenvalue weighted by atomic mass is 10.2. The lowest BCUT2D eigenvalue weighted by Gasteiger charge is -2.12. The van der Waals surface area contributed by atoms with E-state index in [9.17, 15) is 0 Å². The van der Waals surface area contributed by atoms with Crippen molar-refractivity contribution in [2.45, 2.75) is 12.5 Å². The van der Waals surface area contributed by atoms with E-state index in [2.05, 4.69) is 15.9 Å². The molecule has 1 nitrogen and oxygen atoms in total. The number of rotatable bonds is 4. The highest BCUT2D eigenvalue weighted by atomic mass is 79.9. The standard InChI is InChI=1S/C14H10BrCl3O/c15-12-3-1-2-9(7-16)14(12)19-8-10-4-5-11(17)6-13(10)18/h1-6H,7-8H2. The topological polar surface area (TPSA) is 9.23 Å². The predicted octanol–water partition coefficient (Wildman–Crippen LogP) is 6.07. The van der Waals surface area contributed by atoms with Crippen LogP contribution in [0.25, 0.3) is 0 Å². The van der Waals surface area contributed by atoms with Crippen LogP contribution in [0.4, 0.5) is 0 Å². The quantitative estimate of drug-likeness (QED) is 0.585. The highest BCUT2D eigenvalue weighted by Crippen LogP contribution is 2.31. The first-order valence-electron chi connectivity index (χ1n) is 5.52. The molecular weight excluding hydrogens is 370 g/mol. The van der Waals surface area contributed by atoms with Crippen molar-refractivity contribution in [3.05, 3.63) is 62.0 Å². The van der Waals surface area contributed by atoms with Gasteiger partial charge < -0.3 is 4.74 Å². The second kappa shape index (κ2) is 6.85. The van der Waals surface area contributed by atoms with Gasteiger partial charge in [0.1, 0.15) is 12.4 Å². The number of halogens is 4. The van der Waals surface area contributed by atoms with E-state index in [-0.39, 0.29) is 0 Å². The van der Waals surface area contributed by atoms with Crippen molar-refractivity contribution in [1.82, 2.24) is 0 Å². The van der Waals surface area contributed by atoms with E-state index in [1.807, 2.05) is 24.3 Å². The number of ether oxygens (including phenoxy) is 1. The summed E-state index contributed by atoms with van der Waals surface area (Å²) in [7, 11) is 0. The van der Waals surface area contributed by atoms with Crippen molar-refractivity contribution < 1.29 is 4.74 Å². The smallest absolute Gasteiger partial charge is 0.138 e. The fourth-order valence-electron chi connectivity index (χ4n) is 1.61. The molecule has 0 fully saturated rings. The normalized spacial score (nSPS) is 10.5. The van der Waals surface area contributed by atoms with Crippen molar-refractivity contribution in [2.75, 3.05) is 0 Å². The third-order valence-electron chi connectivity index (χ3n) is 2.58. The Bertz CT molecular complexity index is 587. The van der Waals surface area contributed by atoms with Crippen molar-refractivity contribution >= 4 is 50.7 Å². The van der Waals surface area contributed by atoms with Crippen LogP contribution in [0, 0.1) is 0 Å². The summed E-state index contributed by atoms with van der Waals surface area (Å²) in [6.07, 6.45) is 0. The third kappa shape index (κ3) is 3.79. The van der Waals surface area contributed by atoms with E-state index in [0.29, 0.717) is 22.5 Å². The summed E-state index contributed by atoms with van der Waals surface area (Å²) in [4.78, 5) is 0. The van der Waals surface area contributed by atoms with Crippen LogP contribution in [0.3, 0.4) is 0 Å². The molecule has 2 aromatic rings. The Morgan fingerprint density at radius 2 is 1.84 bits per heavy atom. The molecule has 0 heterocycles. The van der Waals surface area contributed by atoms with E-state index in [4.69, 9.17) is 39.5 Å². The van der Waals surface area contributed by atoms with Crippen LogP contribution in [0.15, 0.2) is 40.9 Å². The second-order valence-corrected chi connectivity index (χ2v) is 5.85. The van der Waals surface area contributed by atoms with Crippen molar-refractivity contribution in [3.63, 3.8) is 0 Å². The molecule has 0 aromatic heterocycles. The van der Waals surface area contributed by atoms with Gasteiger partial charge in [-0.2, -0.15) is 0 Å². The first-order chi connectivity index (χ1) is 9.11. The Hall–Kier alpha value is -0.410. The number of alkyl halides is 1. The first kappa shape index (κ1) is 15.0. The van der Waals surface area contributed by atoms with E-state index in [0.717, 1.165) is 21.3 Å². The molecule has 0 unspecified atom stereocenters. The summed E-state index contributed by atoms with van der Waals surface area (Å²) in [5, 5.41) is 1.20. The fourth-order valence-corrected chi connectivity index (χ4v) is 2.80. The average Bonchev–Trinajstić information content (AvgIpc) is 2.39. The Kier molecular flexibility index (Phi) is 5.40. The molecule has 100 valence electrons. The zero-order valence-electron chi connectivity index (χ0n) is 9.80. The molecule has 5 heteroatoms. The number of para-hydroxylation sites is 1. The summed E-state index contributed by atoms with van der Waals surface area (Å²) in [5.74, 6) is 1.13. The van der Waals surface area contributed by atoms with Gasteiger partial charge >= 0.3 is 0 Å². The Labute approximate surface area is 135 Å². The Morgan fingerprint density at radius 3 is 2.53 bits per heavy atom. The molecule has 0 aliphatic carbocycles. The van der Waals surface area contributed by atoms with E-state index < -0.39 is 0 Å². The monoisotopic (exact) mass is 378 g/mol. The number of benzene rings is 2. The molecule has 0 N–H and O–H groups in total. The van der Waals surface area contributed by atoms with E-state index >= 15 is 0 Å². The molecule has 0 aliphatic rings. The Morgan fingerprint density at radius 1 is 1.05 bits per heavy atom. The minimum atomic E-state index is 0.364. The van der Waals surface area contributed by atoms with Crippen LogP contribution in [0.1, 0.15) is 11.1 Å². The van der Waals surface area contributed by atoms with Gasteiger partial charge in [0, 0.05) is 21.2 Å². The summed E-state index contributed by atoms with van der Waals surface area (Å²) < 4.78 is 6.68. The maximum absolute atomic E-state index is 6.11. The summed E-state index contributed by atoms with van der Waals surface area (Å²) in [5.41, 5.74) is 1.81. The van der Waals surface area contributed by atoms with Crippen LogP contribution in [-0.4, -0.2) is 0 Å². The van der Waals surface area contributed by atoms with Gasteiger partial charge in [-0.05, 0) is 34.1 Å². The highest BCUT2D eigenvalue weighted by molar-refractivity contribution is 9.10. The van der Waals surface area contributed by atoms with Crippen LogP contribution in [0.2, 0.25) is 10.0 Å². The second-order valence-electron chi connectivity index (χ2n) is 3.89. The van der Waals surface area contributed by atoms with Crippen LogP contribution in [0.5, 0.6) is 5.75 Å². The van der Waals surface area contributed by atoms with Crippen molar-refractivity contribution in [1.29, 1.82) is 0 Å². The lowest BCUT2D eigenvalue weighted by Crippen LogP contribution is -1.99. The SMILES string of the molecule is ClCc1cccc(Br)c1OCc1ccc(Cl)cc1Cl. The molecule has 0 saturated heterocycles. The van der Waals surface area contributed by atoms with E-state index in [1.165, 1.54) is 0 Å². The first-order valence-corrected chi connectivity index (χ1v) is 7.60. The van der Waals surface area contributed by atoms with Crippen LogP contribution < -0.4 is 4.74 Å². The van der Waals surface area contributed by atoms with Crippen molar-refractivity contribution in [2.24, 2.45) is 0 Å². The van der Waals surface area contributed by atoms with Crippen molar-refractivity contribution in [3.8, 4) is 5.75 Å². The molecule has 19 heavy (non-hydrogen) atoms. The summed E-state index contributed by atoms with van der Waals surface area (Å²) in [6, 6.07) is 11.1. The largest absolute Gasteiger partial charge is 0.487 e. The van der Waals surface area contributed by atoms with Crippen LogP contribution >= 0.6 is 50.7 Å². The number of hydrogen-bond acceptors (Lipinski definition) is 1. The minimum absolute atomic E-state index is 0.364. The minimum Gasteiger partial charge on any atom is -0.487 e. The molecule has 0 amide bonds. The molecular formula is C14H10BrCl3O. The molecule has 0 radical (unpaired) electrons. The third-order valence-corrected chi connectivity index (χ3v) is 4.08. The zero-order chi connectivity index (χ0) is 13.8. The molecule has 0 spiro atoms. The fraction of sp³-hybridized carbons (Fsp3) is 0.143. The maximum Gasteiger partial charge on any atom is 0.138 e. The van der Waals surface area contributed by atoms with Gasteiger partial charge in [0.15, 0.2) is 0 Å². The van der Waals surface area contributed by atoms with Gasteiger partial charge in [-0.15, -0.1) is 11.6 Å². The van der Waals surface area contributed by atoms with Gasteiger partial charge in [-0.1, -0.05) is 41.4 Å². The van der Waals surface area contributed by atoms with Gasteiger partial charge in [0.05, 0.1) is 10.4 Å². The van der Waals surface area contributed by atoms with E-state index in [1.54, 1.807) is 12.1 Å². The maximum atomic E-state index is 6.11. The average molecular weight is 380 g/mol. The van der Waals surface area contributed by atoms with Gasteiger partial charge in [0.2, 0.25) is 0 Å². The number of hydrogen-bond donors (Lipinski definition) is 0. The summed E-state index contributed by atoms with van der Waals surface area (Å²) >= 11 is 21.3. The van der Waals surface area contributed by atoms with Gasteiger partial charge in [0.25, 0.3) is 0 Å². The van der Waals surface area contributed by atoms with Gasteiger partial charge in [-0.3, -0.25) is 0 Å². The molecule has 0 saturated carbocycles. The predicted molar refractivity (Wildman–Crippen MR) is 84.5 cm³/mol. The highest BCUT2D eigenvalue weighted by Gasteiger charge is 2.09. The zero-order valence-corrected chi connectivity index (χ0v) is 13.7. The molecule has 0 bridgehead atoms.